The van der Waals surface area contributed by atoms with Crippen LogP contribution in [0.25, 0.3) is 0 Å². The number of hydrogen-bond acceptors (Lipinski definition) is 3. The lowest BCUT2D eigenvalue weighted by Crippen LogP contribution is -2.41. The van der Waals surface area contributed by atoms with E-state index in [2.05, 4.69) is 35.9 Å². The van der Waals surface area contributed by atoms with Crippen LogP contribution < -0.4 is 10.1 Å². The Hall–Kier alpha value is -1.03. The molecule has 0 radical (unpaired) electrons. The monoisotopic (exact) mass is 251 g/mol. The van der Waals surface area contributed by atoms with Gasteiger partial charge in [0.1, 0.15) is 5.69 Å². The van der Waals surface area contributed by atoms with Crippen LogP contribution in [0.2, 0.25) is 0 Å². The second-order valence-electron chi connectivity index (χ2n) is 5.67. The lowest BCUT2D eigenvalue weighted by molar-refractivity contribution is 0.300. The van der Waals surface area contributed by atoms with Gasteiger partial charge in [-0.25, -0.2) is 0 Å². The molecule has 102 valence electrons. The average Bonchev–Trinajstić information content (AvgIpc) is 2.67. The Morgan fingerprint density at radius 3 is 2.83 bits per heavy atom. The molecule has 4 nitrogen and oxygen atoms in total. The fraction of sp³-hybridized carbons (Fsp3) is 0.786. The molecule has 0 bridgehead atoms. The average molecular weight is 251 g/mol. The van der Waals surface area contributed by atoms with Gasteiger partial charge in [-0.15, -0.1) is 0 Å². The zero-order valence-corrected chi connectivity index (χ0v) is 12.0. The molecule has 2 heterocycles. The molecule has 18 heavy (non-hydrogen) atoms. The van der Waals surface area contributed by atoms with E-state index in [4.69, 9.17) is 4.74 Å². The van der Waals surface area contributed by atoms with Crippen molar-refractivity contribution in [2.75, 3.05) is 13.7 Å². The summed E-state index contributed by atoms with van der Waals surface area (Å²) in [5.74, 6) is 0.903. The maximum absolute atomic E-state index is 5.51. The largest absolute Gasteiger partial charge is 0.493 e. The molecule has 1 atom stereocenters. The highest BCUT2D eigenvalue weighted by Gasteiger charge is 2.34. The van der Waals surface area contributed by atoms with Crippen molar-refractivity contribution in [2.45, 2.75) is 58.0 Å². The Bertz CT molecular complexity index is 390. The van der Waals surface area contributed by atoms with Gasteiger partial charge in [0.25, 0.3) is 0 Å². The van der Waals surface area contributed by atoms with Crippen LogP contribution in [0.5, 0.6) is 5.75 Å². The quantitative estimate of drug-likeness (QED) is 0.898. The summed E-state index contributed by atoms with van der Waals surface area (Å²) in [5.41, 5.74) is 1.17. The van der Waals surface area contributed by atoms with Gasteiger partial charge in [-0.1, -0.05) is 12.8 Å². The molecule has 1 aliphatic rings. The number of rotatable bonds is 3. The summed E-state index contributed by atoms with van der Waals surface area (Å²) in [6.07, 6.45) is 6.80. The summed E-state index contributed by atoms with van der Waals surface area (Å²) >= 11 is 0. The summed E-state index contributed by atoms with van der Waals surface area (Å²) < 4.78 is 7.61. The third-order valence-electron chi connectivity index (χ3n) is 3.86. The van der Waals surface area contributed by atoms with Crippen molar-refractivity contribution >= 4 is 0 Å². The molecule has 0 amide bonds. The maximum atomic E-state index is 5.51. The third kappa shape index (κ3) is 2.39. The van der Waals surface area contributed by atoms with Crippen molar-refractivity contribution in [2.24, 2.45) is 0 Å². The van der Waals surface area contributed by atoms with Crippen molar-refractivity contribution in [3.8, 4) is 5.75 Å². The second-order valence-corrected chi connectivity index (χ2v) is 5.67. The molecule has 0 saturated carbocycles. The number of nitrogens with zero attached hydrogens (tertiary/aromatic N) is 2. The Kier molecular flexibility index (Phi) is 3.95. The highest BCUT2D eigenvalue weighted by atomic mass is 16.5. The summed E-state index contributed by atoms with van der Waals surface area (Å²) in [5, 5.41) is 8.18. The normalized spacial score (nSPS) is 25.2. The van der Waals surface area contributed by atoms with E-state index in [1.165, 1.54) is 25.0 Å². The van der Waals surface area contributed by atoms with Crippen LogP contribution in [-0.4, -0.2) is 23.4 Å². The van der Waals surface area contributed by atoms with Crippen molar-refractivity contribution < 1.29 is 4.74 Å². The SMILES string of the molecule is COc1cnn(C(C)C)c1C1(C)CCCCCN1. The van der Waals surface area contributed by atoms with Crippen molar-refractivity contribution in [1.82, 2.24) is 15.1 Å². The Morgan fingerprint density at radius 1 is 1.39 bits per heavy atom. The fourth-order valence-electron chi connectivity index (χ4n) is 2.85. The minimum atomic E-state index is -0.0252. The smallest absolute Gasteiger partial charge is 0.161 e. The van der Waals surface area contributed by atoms with E-state index in [-0.39, 0.29) is 5.54 Å². The van der Waals surface area contributed by atoms with E-state index in [1.54, 1.807) is 7.11 Å². The van der Waals surface area contributed by atoms with E-state index in [1.807, 2.05) is 6.20 Å². The molecule has 1 aliphatic heterocycles. The van der Waals surface area contributed by atoms with Crippen LogP contribution in [0.15, 0.2) is 6.20 Å². The molecule has 0 spiro atoms. The van der Waals surface area contributed by atoms with Crippen LogP contribution in [0.4, 0.5) is 0 Å². The number of aromatic nitrogens is 2. The lowest BCUT2D eigenvalue weighted by atomic mass is 9.91. The minimum Gasteiger partial charge on any atom is -0.493 e. The van der Waals surface area contributed by atoms with Gasteiger partial charge in [0.15, 0.2) is 5.75 Å². The Balaban J connectivity index is 2.43. The predicted octanol–water partition coefficient (Wildman–Crippen LogP) is 2.85. The van der Waals surface area contributed by atoms with E-state index in [0.29, 0.717) is 6.04 Å². The second kappa shape index (κ2) is 5.31. The zero-order valence-electron chi connectivity index (χ0n) is 12.0. The minimum absolute atomic E-state index is 0.0252. The fourth-order valence-corrected chi connectivity index (χ4v) is 2.85. The highest BCUT2D eigenvalue weighted by molar-refractivity contribution is 5.32. The van der Waals surface area contributed by atoms with Gasteiger partial charge in [-0.2, -0.15) is 5.10 Å². The standard InChI is InChI=1S/C14H25N3O/c1-11(2)17-13(12(18-4)10-16-17)14(3)8-6-5-7-9-15-14/h10-11,15H,5-9H2,1-4H3. The summed E-state index contributed by atoms with van der Waals surface area (Å²) in [6, 6.07) is 0.353. The van der Waals surface area contributed by atoms with Crippen molar-refractivity contribution in [1.29, 1.82) is 0 Å². The summed E-state index contributed by atoms with van der Waals surface area (Å²) in [7, 11) is 1.73. The van der Waals surface area contributed by atoms with Crippen molar-refractivity contribution in [3.05, 3.63) is 11.9 Å². The van der Waals surface area contributed by atoms with Gasteiger partial charge in [0.05, 0.1) is 18.8 Å². The van der Waals surface area contributed by atoms with E-state index >= 15 is 0 Å². The van der Waals surface area contributed by atoms with Gasteiger partial charge in [0, 0.05) is 6.04 Å². The summed E-state index contributed by atoms with van der Waals surface area (Å²) in [4.78, 5) is 0. The zero-order chi connectivity index (χ0) is 13.2. The Morgan fingerprint density at radius 2 is 2.17 bits per heavy atom. The molecule has 2 rings (SSSR count). The molecular weight excluding hydrogens is 226 g/mol. The topological polar surface area (TPSA) is 39.1 Å². The molecule has 0 aromatic carbocycles. The van der Waals surface area contributed by atoms with Gasteiger partial charge in [-0.3, -0.25) is 4.68 Å². The molecular formula is C14H25N3O. The van der Waals surface area contributed by atoms with Crippen LogP contribution in [-0.2, 0) is 5.54 Å². The first kappa shape index (κ1) is 13.4. The first-order valence-corrected chi connectivity index (χ1v) is 6.95. The molecule has 1 aromatic heterocycles. The number of methoxy groups -OCH3 is 1. The van der Waals surface area contributed by atoms with Gasteiger partial charge in [0.2, 0.25) is 0 Å². The van der Waals surface area contributed by atoms with E-state index in [9.17, 15) is 0 Å². The lowest BCUT2D eigenvalue weighted by Gasteiger charge is -2.31. The highest BCUT2D eigenvalue weighted by Crippen LogP contribution is 2.36. The third-order valence-corrected chi connectivity index (χ3v) is 3.86. The van der Waals surface area contributed by atoms with Crippen LogP contribution in [0.3, 0.4) is 0 Å². The number of hydrogen-bond donors (Lipinski definition) is 1. The molecule has 0 aliphatic carbocycles. The molecule has 4 heteroatoms. The predicted molar refractivity (Wildman–Crippen MR) is 73.0 cm³/mol. The molecule has 1 aromatic rings. The number of nitrogens with one attached hydrogen (secondary N) is 1. The molecule has 1 saturated heterocycles. The van der Waals surface area contributed by atoms with Gasteiger partial charge >= 0.3 is 0 Å². The number of ether oxygens (including phenoxy) is 1. The van der Waals surface area contributed by atoms with Crippen LogP contribution in [0, 0.1) is 0 Å². The van der Waals surface area contributed by atoms with Crippen LogP contribution in [0.1, 0.15) is 58.2 Å². The van der Waals surface area contributed by atoms with E-state index in [0.717, 1.165) is 18.7 Å². The van der Waals surface area contributed by atoms with Gasteiger partial charge in [-0.05, 0) is 40.2 Å². The molecule has 1 N–H and O–H groups in total. The molecule has 1 unspecified atom stereocenters. The first-order chi connectivity index (χ1) is 8.58. The van der Waals surface area contributed by atoms with Gasteiger partial charge < -0.3 is 10.1 Å². The van der Waals surface area contributed by atoms with Crippen LogP contribution >= 0.6 is 0 Å². The van der Waals surface area contributed by atoms with E-state index < -0.39 is 0 Å². The Labute approximate surface area is 110 Å². The first-order valence-electron chi connectivity index (χ1n) is 6.95. The summed E-state index contributed by atoms with van der Waals surface area (Å²) in [6.45, 7) is 7.67. The molecule has 1 fully saturated rings. The maximum Gasteiger partial charge on any atom is 0.161 e. The van der Waals surface area contributed by atoms with Crippen molar-refractivity contribution in [3.63, 3.8) is 0 Å².